The molecule has 5 nitrogen and oxygen atoms in total. The van der Waals surface area contributed by atoms with Crippen molar-refractivity contribution in [2.75, 3.05) is 5.75 Å². The first-order chi connectivity index (χ1) is 7.41. The number of sulfonamides is 1. The minimum absolute atomic E-state index is 0.0601. The van der Waals surface area contributed by atoms with Gasteiger partial charge in [0, 0.05) is 0 Å². The summed E-state index contributed by atoms with van der Waals surface area (Å²) in [5, 5.41) is 8.62. The maximum absolute atomic E-state index is 11.6. The van der Waals surface area contributed by atoms with E-state index in [0.717, 1.165) is 25.7 Å². The van der Waals surface area contributed by atoms with Crippen molar-refractivity contribution in [3.63, 3.8) is 0 Å². The number of nitrogens with one attached hydrogen (secondary N) is 1. The second-order valence-electron chi connectivity index (χ2n) is 4.46. The highest BCUT2D eigenvalue weighted by Crippen LogP contribution is 2.24. The maximum Gasteiger partial charge on any atom is 0.321 e. The van der Waals surface area contributed by atoms with Gasteiger partial charge >= 0.3 is 5.97 Å². The number of rotatable bonds is 5. The van der Waals surface area contributed by atoms with Crippen LogP contribution in [-0.2, 0) is 14.8 Å². The molecule has 1 aliphatic rings. The van der Waals surface area contributed by atoms with E-state index < -0.39 is 22.0 Å². The summed E-state index contributed by atoms with van der Waals surface area (Å²) < 4.78 is 25.5. The molecule has 0 aromatic carbocycles. The minimum Gasteiger partial charge on any atom is -0.480 e. The van der Waals surface area contributed by atoms with E-state index in [0.29, 0.717) is 0 Å². The van der Waals surface area contributed by atoms with E-state index in [1.54, 1.807) is 0 Å². The molecule has 0 aromatic heterocycles. The van der Waals surface area contributed by atoms with Crippen molar-refractivity contribution >= 4 is 16.0 Å². The highest BCUT2D eigenvalue weighted by atomic mass is 32.2. The van der Waals surface area contributed by atoms with E-state index in [-0.39, 0.29) is 11.7 Å². The standard InChI is InChI=1S/C10H19NO4S/c1-8(10(12)13)11-16(14,15)7-9-5-3-2-4-6-9/h8-9,11H,2-7H2,1H3,(H,12,13)/t8-/m0/s1. The summed E-state index contributed by atoms with van der Waals surface area (Å²) in [7, 11) is -3.46. The molecule has 1 fully saturated rings. The molecule has 0 unspecified atom stereocenters. The van der Waals surface area contributed by atoms with Crippen LogP contribution >= 0.6 is 0 Å². The van der Waals surface area contributed by atoms with Crippen LogP contribution in [0.3, 0.4) is 0 Å². The molecule has 0 bridgehead atoms. The largest absolute Gasteiger partial charge is 0.480 e. The highest BCUT2D eigenvalue weighted by molar-refractivity contribution is 7.89. The third kappa shape index (κ3) is 4.49. The van der Waals surface area contributed by atoms with Gasteiger partial charge in [-0.25, -0.2) is 13.1 Å². The number of carbonyl (C=O) groups is 1. The molecule has 16 heavy (non-hydrogen) atoms. The van der Waals surface area contributed by atoms with Gasteiger partial charge in [0.05, 0.1) is 5.75 Å². The van der Waals surface area contributed by atoms with Crippen molar-refractivity contribution in [2.24, 2.45) is 5.92 Å². The Morgan fingerprint density at radius 2 is 1.94 bits per heavy atom. The Labute approximate surface area is 96.3 Å². The second kappa shape index (κ2) is 5.63. The summed E-state index contributed by atoms with van der Waals surface area (Å²) in [6.45, 7) is 1.33. The van der Waals surface area contributed by atoms with E-state index in [2.05, 4.69) is 4.72 Å². The lowest BCUT2D eigenvalue weighted by Crippen LogP contribution is -2.41. The number of hydrogen-bond acceptors (Lipinski definition) is 3. The van der Waals surface area contributed by atoms with Crippen LogP contribution in [0.25, 0.3) is 0 Å². The third-order valence-corrected chi connectivity index (χ3v) is 4.53. The van der Waals surface area contributed by atoms with E-state index in [4.69, 9.17) is 5.11 Å². The van der Waals surface area contributed by atoms with Crippen LogP contribution in [0.15, 0.2) is 0 Å². The molecule has 1 saturated carbocycles. The lowest BCUT2D eigenvalue weighted by Gasteiger charge is -2.21. The number of carboxylic acid groups (broad SMARTS) is 1. The molecule has 1 atom stereocenters. The summed E-state index contributed by atoms with van der Waals surface area (Å²) in [5.74, 6) is -0.899. The molecule has 0 saturated heterocycles. The predicted octanol–water partition coefficient (Wildman–Crippen LogP) is 0.959. The summed E-state index contributed by atoms with van der Waals surface area (Å²) >= 11 is 0. The van der Waals surface area contributed by atoms with Crippen LogP contribution < -0.4 is 4.72 Å². The average Bonchev–Trinajstić information content (AvgIpc) is 2.17. The Kier molecular flexibility index (Phi) is 4.73. The lowest BCUT2D eigenvalue weighted by molar-refractivity contribution is -0.138. The van der Waals surface area contributed by atoms with E-state index in [1.807, 2.05) is 0 Å². The zero-order valence-electron chi connectivity index (χ0n) is 9.48. The number of aliphatic carboxylic acids is 1. The van der Waals surface area contributed by atoms with Gasteiger partial charge in [0.25, 0.3) is 0 Å². The summed E-state index contributed by atoms with van der Waals surface area (Å²) in [4.78, 5) is 10.5. The molecule has 94 valence electrons. The van der Waals surface area contributed by atoms with Crippen molar-refractivity contribution in [2.45, 2.75) is 45.1 Å². The van der Waals surface area contributed by atoms with Crippen molar-refractivity contribution in [3.8, 4) is 0 Å². The SMILES string of the molecule is C[C@H](NS(=O)(=O)CC1CCCCC1)C(=O)O. The molecule has 1 aliphatic carbocycles. The Morgan fingerprint density at radius 3 is 2.44 bits per heavy atom. The zero-order chi connectivity index (χ0) is 12.2. The maximum atomic E-state index is 11.6. The summed E-state index contributed by atoms with van der Waals surface area (Å²) in [5.41, 5.74) is 0. The van der Waals surface area contributed by atoms with Gasteiger partial charge < -0.3 is 5.11 Å². The zero-order valence-corrected chi connectivity index (χ0v) is 10.3. The van der Waals surface area contributed by atoms with Gasteiger partial charge in [-0.05, 0) is 25.7 Å². The minimum atomic E-state index is -3.46. The summed E-state index contributed by atoms with van der Waals surface area (Å²) in [6, 6.07) is -1.05. The topological polar surface area (TPSA) is 83.5 Å². The quantitative estimate of drug-likeness (QED) is 0.760. The van der Waals surface area contributed by atoms with Gasteiger partial charge in [-0.1, -0.05) is 19.3 Å². The van der Waals surface area contributed by atoms with Gasteiger partial charge in [-0.15, -0.1) is 0 Å². The Balaban J connectivity index is 2.47. The molecule has 0 radical (unpaired) electrons. The second-order valence-corrected chi connectivity index (χ2v) is 6.26. The number of carboxylic acids is 1. The molecule has 0 spiro atoms. The monoisotopic (exact) mass is 249 g/mol. The first-order valence-electron chi connectivity index (χ1n) is 5.63. The van der Waals surface area contributed by atoms with Gasteiger partial charge in [-0.2, -0.15) is 0 Å². The van der Waals surface area contributed by atoms with Crippen LogP contribution in [0.5, 0.6) is 0 Å². The van der Waals surface area contributed by atoms with Crippen LogP contribution in [0, 0.1) is 5.92 Å². The van der Waals surface area contributed by atoms with Crippen LogP contribution in [0.2, 0.25) is 0 Å². The molecule has 1 rings (SSSR count). The third-order valence-electron chi connectivity index (χ3n) is 2.91. The smallest absolute Gasteiger partial charge is 0.321 e. The van der Waals surface area contributed by atoms with E-state index >= 15 is 0 Å². The lowest BCUT2D eigenvalue weighted by atomic mass is 9.91. The first-order valence-corrected chi connectivity index (χ1v) is 7.29. The number of hydrogen-bond donors (Lipinski definition) is 2. The van der Waals surface area contributed by atoms with Gasteiger partial charge in [0.2, 0.25) is 10.0 Å². The normalized spacial score (nSPS) is 20.6. The first kappa shape index (κ1) is 13.4. The van der Waals surface area contributed by atoms with Crippen molar-refractivity contribution in [1.82, 2.24) is 4.72 Å². The Bertz CT molecular complexity index is 333. The van der Waals surface area contributed by atoms with E-state index in [9.17, 15) is 13.2 Å². The van der Waals surface area contributed by atoms with Crippen LogP contribution in [0.1, 0.15) is 39.0 Å². The van der Waals surface area contributed by atoms with Crippen molar-refractivity contribution in [1.29, 1.82) is 0 Å². The fourth-order valence-corrected chi connectivity index (χ4v) is 3.72. The highest BCUT2D eigenvalue weighted by Gasteiger charge is 2.24. The predicted molar refractivity (Wildman–Crippen MR) is 60.6 cm³/mol. The van der Waals surface area contributed by atoms with Crippen molar-refractivity contribution < 1.29 is 18.3 Å². The molecule has 2 N–H and O–H groups in total. The molecule has 0 aliphatic heterocycles. The Hall–Kier alpha value is -0.620. The molecule has 0 aromatic rings. The molecule has 0 amide bonds. The molecular formula is C10H19NO4S. The van der Waals surface area contributed by atoms with Crippen molar-refractivity contribution in [3.05, 3.63) is 0 Å². The van der Waals surface area contributed by atoms with Gasteiger partial charge in [0.1, 0.15) is 6.04 Å². The van der Waals surface area contributed by atoms with Crippen LogP contribution in [0.4, 0.5) is 0 Å². The fraction of sp³-hybridized carbons (Fsp3) is 0.900. The molecule has 6 heteroatoms. The summed E-state index contributed by atoms with van der Waals surface area (Å²) in [6.07, 6.45) is 5.20. The van der Waals surface area contributed by atoms with E-state index in [1.165, 1.54) is 13.3 Å². The van der Waals surface area contributed by atoms with Crippen LogP contribution in [-0.4, -0.2) is 31.3 Å². The molecule has 0 heterocycles. The van der Waals surface area contributed by atoms with Gasteiger partial charge in [0.15, 0.2) is 0 Å². The van der Waals surface area contributed by atoms with Gasteiger partial charge in [-0.3, -0.25) is 4.79 Å². The molecular weight excluding hydrogens is 230 g/mol. The fourth-order valence-electron chi connectivity index (χ4n) is 2.03. The average molecular weight is 249 g/mol. The Morgan fingerprint density at radius 1 is 1.38 bits per heavy atom.